The number of halogens is 1. The van der Waals surface area contributed by atoms with Gasteiger partial charge in [0, 0.05) is 6.04 Å². The first kappa shape index (κ1) is 14.2. The van der Waals surface area contributed by atoms with Crippen LogP contribution in [0.15, 0.2) is 12.1 Å². The fraction of sp³-hybridized carbons (Fsp3) is 0.600. The van der Waals surface area contributed by atoms with Gasteiger partial charge in [0.1, 0.15) is 5.82 Å². The van der Waals surface area contributed by atoms with Crippen LogP contribution in [-0.4, -0.2) is 7.05 Å². The Labute approximate surface area is 104 Å². The number of hydrogen-bond acceptors (Lipinski definition) is 1. The average Bonchev–Trinajstić information content (AvgIpc) is 2.26. The summed E-state index contributed by atoms with van der Waals surface area (Å²) in [5, 5.41) is 3.35. The zero-order valence-electron chi connectivity index (χ0n) is 11.8. The summed E-state index contributed by atoms with van der Waals surface area (Å²) in [6, 6.07) is 4.21. The lowest BCUT2D eigenvalue weighted by molar-refractivity contribution is 0.316. The number of rotatable bonds is 4. The van der Waals surface area contributed by atoms with Crippen LogP contribution in [-0.2, 0) is 0 Å². The van der Waals surface area contributed by atoms with Crippen molar-refractivity contribution < 1.29 is 4.39 Å². The fourth-order valence-electron chi connectivity index (χ4n) is 2.28. The first-order valence-corrected chi connectivity index (χ1v) is 6.32. The van der Waals surface area contributed by atoms with Crippen LogP contribution in [0.4, 0.5) is 4.39 Å². The molecule has 0 bridgehead atoms. The molecule has 96 valence electrons. The summed E-state index contributed by atoms with van der Waals surface area (Å²) in [6.07, 6.45) is 0. The Morgan fingerprint density at radius 3 is 1.88 bits per heavy atom. The molecule has 2 unspecified atom stereocenters. The maximum Gasteiger partial charge on any atom is 0.129 e. The summed E-state index contributed by atoms with van der Waals surface area (Å²) in [5.41, 5.74) is 2.65. The molecule has 0 saturated carbocycles. The van der Waals surface area contributed by atoms with Crippen LogP contribution in [0.25, 0.3) is 0 Å². The fourth-order valence-corrected chi connectivity index (χ4v) is 2.28. The number of aryl methyl sites for hydroxylation is 2. The minimum Gasteiger partial charge on any atom is -0.313 e. The molecule has 0 fully saturated rings. The van der Waals surface area contributed by atoms with E-state index in [0.29, 0.717) is 11.8 Å². The molecule has 1 rings (SSSR count). The van der Waals surface area contributed by atoms with Crippen LogP contribution in [0.5, 0.6) is 0 Å². The molecule has 17 heavy (non-hydrogen) atoms. The summed E-state index contributed by atoms with van der Waals surface area (Å²) in [7, 11) is 1.97. The highest BCUT2D eigenvalue weighted by Gasteiger charge is 2.21. The van der Waals surface area contributed by atoms with Gasteiger partial charge in [-0.05, 0) is 49.4 Å². The first-order chi connectivity index (χ1) is 7.88. The average molecular weight is 237 g/mol. The Bertz CT molecular complexity index is 362. The topological polar surface area (TPSA) is 12.0 Å². The molecule has 1 aromatic carbocycles. The van der Waals surface area contributed by atoms with Gasteiger partial charge >= 0.3 is 0 Å². The van der Waals surface area contributed by atoms with Gasteiger partial charge < -0.3 is 5.32 Å². The molecular weight excluding hydrogens is 213 g/mol. The van der Waals surface area contributed by atoms with Gasteiger partial charge in [-0.15, -0.1) is 0 Å². The Morgan fingerprint density at radius 1 is 1.06 bits per heavy atom. The van der Waals surface area contributed by atoms with Gasteiger partial charge in [-0.25, -0.2) is 4.39 Å². The molecule has 0 amide bonds. The van der Waals surface area contributed by atoms with Crippen molar-refractivity contribution in [1.29, 1.82) is 0 Å². The van der Waals surface area contributed by atoms with Crippen molar-refractivity contribution in [3.63, 3.8) is 0 Å². The van der Waals surface area contributed by atoms with E-state index in [1.807, 2.05) is 33.0 Å². The van der Waals surface area contributed by atoms with Crippen LogP contribution in [0.1, 0.15) is 43.5 Å². The molecule has 0 spiro atoms. The van der Waals surface area contributed by atoms with Crippen LogP contribution >= 0.6 is 0 Å². The lowest BCUT2D eigenvalue weighted by atomic mass is 9.85. The van der Waals surface area contributed by atoms with Crippen LogP contribution < -0.4 is 5.32 Å². The largest absolute Gasteiger partial charge is 0.313 e. The summed E-state index contributed by atoms with van der Waals surface area (Å²) < 4.78 is 13.6. The van der Waals surface area contributed by atoms with Gasteiger partial charge in [-0.3, -0.25) is 0 Å². The number of nitrogens with one attached hydrogen (secondary N) is 1. The molecule has 2 heteroatoms. The van der Waals surface area contributed by atoms with Crippen molar-refractivity contribution in [3.8, 4) is 0 Å². The predicted molar refractivity (Wildman–Crippen MR) is 71.7 cm³/mol. The van der Waals surface area contributed by atoms with Crippen LogP contribution in [0, 0.1) is 31.5 Å². The molecule has 0 aliphatic heterocycles. The third-order valence-corrected chi connectivity index (χ3v) is 3.71. The zero-order chi connectivity index (χ0) is 13.2. The van der Waals surface area contributed by atoms with E-state index in [-0.39, 0.29) is 11.9 Å². The Kier molecular flexibility index (Phi) is 4.70. The molecule has 2 atom stereocenters. The molecule has 0 aromatic heterocycles. The van der Waals surface area contributed by atoms with Crippen molar-refractivity contribution in [3.05, 3.63) is 34.6 Å². The second-order valence-corrected chi connectivity index (χ2v) is 5.34. The van der Waals surface area contributed by atoms with Gasteiger partial charge in [0.2, 0.25) is 0 Å². The summed E-state index contributed by atoms with van der Waals surface area (Å²) in [5.74, 6) is 1.03. The lowest BCUT2D eigenvalue weighted by Crippen LogP contribution is -2.27. The Morgan fingerprint density at radius 2 is 1.53 bits per heavy atom. The van der Waals surface area contributed by atoms with E-state index in [1.165, 1.54) is 5.56 Å². The van der Waals surface area contributed by atoms with Gasteiger partial charge in [0.25, 0.3) is 0 Å². The Balaban J connectivity index is 3.13. The SMILES string of the molecule is CNC(c1cc(C)c(F)c(C)c1)C(C)C(C)C. The third-order valence-electron chi connectivity index (χ3n) is 3.71. The van der Waals surface area contributed by atoms with Gasteiger partial charge in [0.05, 0.1) is 0 Å². The first-order valence-electron chi connectivity index (χ1n) is 6.32. The maximum atomic E-state index is 13.6. The van der Waals surface area contributed by atoms with Gasteiger partial charge in [-0.1, -0.05) is 32.9 Å². The second-order valence-electron chi connectivity index (χ2n) is 5.34. The van der Waals surface area contributed by atoms with Crippen LogP contribution in [0.2, 0.25) is 0 Å². The monoisotopic (exact) mass is 237 g/mol. The molecular formula is C15H24FN. The highest BCUT2D eigenvalue weighted by Crippen LogP contribution is 2.29. The van der Waals surface area contributed by atoms with Crippen LogP contribution in [0.3, 0.4) is 0 Å². The maximum absolute atomic E-state index is 13.6. The van der Waals surface area contributed by atoms with Crippen molar-refractivity contribution in [2.45, 2.75) is 40.7 Å². The summed E-state index contributed by atoms with van der Waals surface area (Å²) >= 11 is 0. The van der Waals surface area contributed by atoms with Gasteiger partial charge in [0.15, 0.2) is 0 Å². The molecule has 1 N–H and O–H groups in total. The van der Waals surface area contributed by atoms with E-state index in [0.717, 1.165) is 11.1 Å². The van der Waals surface area contributed by atoms with E-state index in [1.54, 1.807) is 0 Å². The molecule has 0 radical (unpaired) electrons. The summed E-state index contributed by atoms with van der Waals surface area (Å²) in [4.78, 5) is 0. The Hall–Kier alpha value is -0.890. The van der Waals surface area contributed by atoms with Crippen molar-refractivity contribution >= 4 is 0 Å². The molecule has 0 aliphatic rings. The van der Waals surface area contributed by atoms with E-state index in [4.69, 9.17) is 0 Å². The van der Waals surface area contributed by atoms with Crippen molar-refractivity contribution in [1.82, 2.24) is 5.32 Å². The minimum absolute atomic E-state index is 0.0826. The summed E-state index contributed by atoms with van der Waals surface area (Å²) in [6.45, 7) is 10.3. The number of benzene rings is 1. The molecule has 0 heterocycles. The smallest absolute Gasteiger partial charge is 0.129 e. The molecule has 1 nitrogen and oxygen atoms in total. The molecule has 1 aromatic rings. The normalized spacial score (nSPS) is 15.1. The van der Waals surface area contributed by atoms with Crippen molar-refractivity contribution in [2.75, 3.05) is 7.05 Å². The van der Waals surface area contributed by atoms with E-state index in [9.17, 15) is 4.39 Å². The predicted octanol–water partition coefficient (Wildman–Crippen LogP) is 4.00. The second kappa shape index (κ2) is 5.63. The highest BCUT2D eigenvalue weighted by molar-refractivity contribution is 5.32. The molecule has 0 aliphatic carbocycles. The standard InChI is InChI=1S/C15H24FN/c1-9(2)12(5)15(17-6)13-7-10(3)14(16)11(4)8-13/h7-9,12,15,17H,1-6H3. The minimum atomic E-state index is -0.0826. The highest BCUT2D eigenvalue weighted by atomic mass is 19.1. The quantitative estimate of drug-likeness (QED) is 0.834. The van der Waals surface area contributed by atoms with Gasteiger partial charge in [-0.2, -0.15) is 0 Å². The zero-order valence-corrected chi connectivity index (χ0v) is 11.8. The third kappa shape index (κ3) is 3.06. The van der Waals surface area contributed by atoms with Crippen molar-refractivity contribution in [2.24, 2.45) is 11.8 Å². The lowest BCUT2D eigenvalue weighted by Gasteiger charge is -2.27. The molecule has 0 saturated heterocycles. The number of hydrogen-bond donors (Lipinski definition) is 1. The van der Waals surface area contributed by atoms with E-state index in [2.05, 4.69) is 26.1 Å². The van der Waals surface area contributed by atoms with E-state index < -0.39 is 0 Å². The van der Waals surface area contributed by atoms with E-state index >= 15 is 0 Å².